The SMILES string of the molecule is COC(=O)CN(CCCCO)C1CC1. The third-order valence-corrected chi connectivity index (χ3v) is 2.48. The molecule has 0 aromatic rings. The van der Waals surface area contributed by atoms with Crippen molar-refractivity contribution in [2.24, 2.45) is 0 Å². The Balaban J connectivity index is 2.20. The number of carbonyl (C=O) groups excluding carboxylic acids is 1. The summed E-state index contributed by atoms with van der Waals surface area (Å²) in [6.45, 7) is 1.52. The second-order valence-electron chi connectivity index (χ2n) is 3.71. The topological polar surface area (TPSA) is 49.8 Å². The van der Waals surface area contributed by atoms with Crippen LogP contribution in [0.2, 0.25) is 0 Å². The summed E-state index contributed by atoms with van der Waals surface area (Å²) in [6, 6.07) is 0.577. The molecule has 0 spiro atoms. The molecule has 1 N–H and O–H groups in total. The Labute approximate surface area is 84.8 Å². The maximum atomic E-state index is 11.1. The van der Waals surface area contributed by atoms with Gasteiger partial charge in [0.1, 0.15) is 0 Å². The van der Waals surface area contributed by atoms with Gasteiger partial charge in [0.05, 0.1) is 13.7 Å². The van der Waals surface area contributed by atoms with Gasteiger partial charge in [-0.2, -0.15) is 0 Å². The van der Waals surface area contributed by atoms with Crippen LogP contribution in [0.25, 0.3) is 0 Å². The zero-order valence-electron chi connectivity index (χ0n) is 8.74. The Kier molecular flexibility index (Phi) is 4.90. The minimum atomic E-state index is -0.166. The third kappa shape index (κ3) is 4.07. The van der Waals surface area contributed by atoms with Gasteiger partial charge in [-0.1, -0.05) is 0 Å². The minimum absolute atomic E-state index is 0.166. The zero-order valence-corrected chi connectivity index (χ0v) is 8.74. The lowest BCUT2D eigenvalue weighted by Crippen LogP contribution is -2.33. The molecular weight excluding hydrogens is 182 g/mol. The van der Waals surface area contributed by atoms with Crippen molar-refractivity contribution in [1.29, 1.82) is 0 Å². The van der Waals surface area contributed by atoms with Gasteiger partial charge in [-0.15, -0.1) is 0 Å². The Hall–Kier alpha value is -0.610. The van der Waals surface area contributed by atoms with Gasteiger partial charge >= 0.3 is 5.97 Å². The first kappa shape index (κ1) is 11.5. The highest BCUT2D eigenvalue weighted by Crippen LogP contribution is 2.26. The molecule has 0 radical (unpaired) electrons. The Morgan fingerprint density at radius 3 is 2.71 bits per heavy atom. The lowest BCUT2D eigenvalue weighted by atomic mass is 10.3. The fraction of sp³-hybridized carbons (Fsp3) is 0.900. The number of methoxy groups -OCH3 is 1. The van der Waals surface area contributed by atoms with Crippen molar-refractivity contribution in [3.05, 3.63) is 0 Å². The van der Waals surface area contributed by atoms with Crippen LogP contribution in [0, 0.1) is 0 Å². The standard InChI is InChI=1S/C10H19NO3/c1-14-10(13)8-11(9-4-5-9)6-2-3-7-12/h9,12H,2-8H2,1H3. The zero-order chi connectivity index (χ0) is 10.4. The van der Waals surface area contributed by atoms with E-state index in [1.165, 1.54) is 20.0 Å². The average Bonchev–Trinajstić information content (AvgIpc) is 2.99. The molecule has 0 heterocycles. The largest absolute Gasteiger partial charge is 0.468 e. The number of esters is 1. The number of nitrogens with zero attached hydrogens (tertiary/aromatic N) is 1. The van der Waals surface area contributed by atoms with Gasteiger partial charge in [-0.05, 0) is 32.2 Å². The second-order valence-corrected chi connectivity index (χ2v) is 3.71. The van der Waals surface area contributed by atoms with Crippen molar-refractivity contribution in [3.63, 3.8) is 0 Å². The van der Waals surface area contributed by atoms with Crippen LogP contribution in [0.4, 0.5) is 0 Å². The molecule has 4 nitrogen and oxygen atoms in total. The molecule has 1 aliphatic rings. The Morgan fingerprint density at radius 1 is 1.50 bits per heavy atom. The van der Waals surface area contributed by atoms with Crippen LogP contribution in [0.15, 0.2) is 0 Å². The number of carbonyl (C=O) groups is 1. The summed E-state index contributed by atoms with van der Waals surface area (Å²) in [7, 11) is 1.42. The smallest absolute Gasteiger partial charge is 0.319 e. The number of unbranched alkanes of at least 4 members (excludes halogenated alkanes) is 1. The first-order chi connectivity index (χ1) is 6.77. The number of rotatable bonds is 7. The molecule has 0 saturated heterocycles. The molecule has 0 unspecified atom stereocenters. The van der Waals surface area contributed by atoms with Gasteiger partial charge in [0, 0.05) is 12.6 Å². The third-order valence-electron chi connectivity index (χ3n) is 2.48. The molecule has 1 rings (SSSR count). The van der Waals surface area contributed by atoms with Crippen molar-refractivity contribution in [2.45, 2.75) is 31.7 Å². The summed E-state index contributed by atoms with van der Waals surface area (Å²) in [5.74, 6) is -0.166. The fourth-order valence-electron chi connectivity index (χ4n) is 1.49. The second kappa shape index (κ2) is 5.98. The van der Waals surface area contributed by atoms with Crippen LogP contribution in [0.1, 0.15) is 25.7 Å². The number of aliphatic hydroxyl groups excluding tert-OH is 1. The summed E-state index contributed by atoms with van der Waals surface area (Å²) >= 11 is 0. The van der Waals surface area contributed by atoms with Crippen LogP contribution >= 0.6 is 0 Å². The highest BCUT2D eigenvalue weighted by atomic mass is 16.5. The van der Waals surface area contributed by atoms with E-state index in [9.17, 15) is 4.79 Å². The minimum Gasteiger partial charge on any atom is -0.468 e. The monoisotopic (exact) mass is 201 g/mol. The van der Waals surface area contributed by atoms with Gasteiger partial charge < -0.3 is 9.84 Å². The van der Waals surface area contributed by atoms with Crippen molar-refractivity contribution in [1.82, 2.24) is 4.90 Å². The van der Waals surface area contributed by atoms with Gasteiger partial charge in [0.15, 0.2) is 0 Å². The van der Waals surface area contributed by atoms with E-state index in [1.54, 1.807) is 0 Å². The highest BCUT2D eigenvalue weighted by Gasteiger charge is 2.29. The normalized spacial score (nSPS) is 15.9. The van der Waals surface area contributed by atoms with Gasteiger partial charge in [0.25, 0.3) is 0 Å². The van der Waals surface area contributed by atoms with Crippen molar-refractivity contribution in [2.75, 3.05) is 26.8 Å². The van der Waals surface area contributed by atoms with Crippen LogP contribution < -0.4 is 0 Å². The van der Waals surface area contributed by atoms with E-state index in [-0.39, 0.29) is 12.6 Å². The van der Waals surface area contributed by atoms with E-state index < -0.39 is 0 Å². The molecule has 1 fully saturated rings. The molecule has 0 aliphatic heterocycles. The molecular formula is C10H19NO3. The van der Waals surface area contributed by atoms with Crippen molar-refractivity contribution in [3.8, 4) is 0 Å². The molecule has 0 aromatic heterocycles. The van der Waals surface area contributed by atoms with Crippen LogP contribution in [0.3, 0.4) is 0 Å². The maximum absolute atomic E-state index is 11.1. The molecule has 0 amide bonds. The van der Waals surface area contributed by atoms with Crippen LogP contribution in [-0.2, 0) is 9.53 Å². The Bertz CT molecular complexity index is 180. The molecule has 0 atom stereocenters. The van der Waals surface area contributed by atoms with E-state index in [2.05, 4.69) is 9.64 Å². The lowest BCUT2D eigenvalue weighted by molar-refractivity contribution is -0.142. The predicted molar refractivity (Wildman–Crippen MR) is 52.9 cm³/mol. The van der Waals surface area contributed by atoms with Gasteiger partial charge in [-0.3, -0.25) is 9.69 Å². The summed E-state index contributed by atoms with van der Waals surface area (Å²) in [6.07, 6.45) is 4.14. The highest BCUT2D eigenvalue weighted by molar-refractivity contribution is 5.71. The van der Waals surface area contributed by atoms with E-state index in [1.807, 2.05) is 0 Å². The number of ether oxygens (including phenoxy) is 1. The summed E-state index contributed by atoms with van der Waals surface area (Å²) in [5.41, 5.74) is 0. The van der Waals surface area contributed by atoms with Gasteiger partial charge in [-0.25, -0.2) is 0 Å². The maximum Gasteiger partial charge on any atom is 0.319 e. The van der Waals surface area contributed by atoms with E-state index in [0.29, 0.717) is 12.6 Å². The molecule has 1 aliphatic carbocycles. The molecule has 0 bridgehead atoms. The summed E-state index contributed by atoms with van der Waals surface area (Å²) in [5, 5.41) is 8.65. The number of hydrogen-bond donors (Lipinski definition) is 1. The predicted octanol–water partition coefficient (Wildman–Crippen LogP) is 0.396. The van der Waals surface area contributed by atoms with E-state index in [0.717, 1.165) is 19.4 Å². The lowest BCUT2D eigenvalue weighted by Gasteiger charge is -2.19. The quantitative estimate of drug-likeness (QED) is 0.478. The van der Waals surface area contributed by atoms with E-state index >= 15 is 0 Å². The first-order valence-electron chi connectivity index (χ1n) is 5.19. The van der Waals surface area contributed by atoms with Crippen molar-refractivity contribution >= 4 is 5.97 Å². The Morgan fingerprint density at radius 2 is 2.21 bits per heavy atom. The van der Waals surface area contributed by atoms with E-state index in [4.69, 9.17) is 5.11 Å². The molecule has 0 aromatic carbocycles. The van der Waals surface area contributed by atoms with Crippen LogP contribution in [0.5, 0.6) is 0 Å². The molecule has 1 saturated carbocycles. The number of aliphatic hydroxyl groups is 1. The molecule has 4 heteroatoms. The average molecular weight is 201 g/mol. The fourth-order valence-corrected chi connectivity index (χ4v) is 1.49. The van der Waals surface area contributed by atoms with Crippen LogP contribution in [-0.4, -0.2) is 48.8 Å². The number of hydrogen-bond acceptors (Lipinski definition) is 4. The molecule has 14 heavy (non-hydrogen) atoms. The summed E-state index contributed by atoms with van der Waals surface area (Å²) < 4.78 is 4.63. The van der Waals surface area contributed by atoms with Crippen molar-refractivity contribution < 1.29 is 14.6 Å². The summed E-state index contributed by atoms with van der Waals surface area (Å²) in [4.78, 5) is 13.2. The molecule has 82 valence electrons. The first-order valence-corrected chi connectivity index (χ1v) is 5.19. The van der Waals surface area contributed by atoms with Gasteiger partial charge in [0.2, 0.25) is 0 Å².